The van der Waals surface area contributed by atoms with Gasteiger partial charge < -0.3 is 15.5 Å². The number of hydrogen-bond donors (Lipinski definition) is 2. The van der Waals surface area contributed by atoms with E-state index in [9.17, 15) is 0 Å². The molecule has 0 radical (unpaired) electrons. The van der Waals surface area contributed by atoms with E-state index < -0.39 is 0 Å². The Labute approximate surface area is 179 Å². The van der Waals surface area contributed by atoms with Crippen LogP contribution >= 0.6 is 0 Å². The maximum Gasteiger partial charge on any atom is 0.0612 e. The maximum atomic E-state index is 5.49. The number of hydrogen-bond acceptors (Lipinski definition) is 6. The lowest BCUT2D eigenvalue weighted by molar-refractivity contribution is 0.0496. The van der Waals surface area contributed by atoms with Gasteiger partial charge in [-0.2, -0.15) is 0 Å². The molecule has 2 aliphatic heterocycles. The lowest BCUT2D eigenvalue weighted by atomic mass is 9.90. The summed E-state index contributed by atoms with van der Waals surface area (Å²) in [4.78, 5) is 7.26. The highest BCUT2D eigenvalue weighted by molar-refractivity contribution is 5.55. The summed E-state index contributed by atoms with van der Waals surface area (Å²) in [5.74, 6) is 0. The highest BCUT2D eigenvalue weighted by Crippen LogP contribution is 2.33. The lowest BCUT2D eigenvalue weighted by Gasteiger charge is -2.37. The number of fused-ring (bicyclic) bond motifs is 2. The quantitative estimate of drug-likeness (QED) is 0.795. The number of aryl methyl sites for hydroxylation is 1. The first kappa shape index (κ1) is 19.9. The van der Waals surface area contributed by atoms with Gasteiger partial charge in [-0.25, -0.2) is 5.01 Å². The minimum Gasteiger partial charge on any atom is -0.379 e. The van der Waals surface area contributed by atoms with E-state index in [0.717, 1.165) is 45.8 Å². The van der Waals surface area contributed by atoms with Crippen molar-refractivity contribution in [2.24, 2.45) is 0 Å². The molecule has 160 valence electrons. The van der Waals surface area contributed by atoms with Crippen molar-refractivity contribution in [1.29, 1.82) is 0 Å². The molecule has 0 bridgehead atoms. The van der Waals surface area contributed by atoms with Crippen LogP contribution in [0.15, 0.2) is 36.5 Å². The first-order valence-corrected chi connectivity index (χ1v) is 11.4. The minimum atomic E-state index is 0.430. The molecule has 2 N–H and O–H groups in total. The molecule has 3 aliphatic rings. The van der Waals surface area contributed by atoms with Crippen LogP contribution < -0.4 is 10.7 Å². The van der Waals surface area contributed by atoms with Crippen molar-refractivity contribution >= 4 is 5.69 Å². The summed E-state index contributed by atoms with van der Waals surface area (Å²) < 4.78 is 5.49. The van der Waals surface area contributed by atoms with Crippen molar-refractivity contribution in [2.75, 3.05) is 45.3 Å². The summed E-state index contributed by atoms with van der Waals surface area (Å²) in [6.07, 6.45) is 6.62. The fraction of sp³-hybridized carbons (Fsp3) is 0.542. The molecule has 0 spiro atoms. The van der Waals surface area contributed by atoms with Crippen LogP contribution in [0.3, 0.4) is 0 Å². The van der Waals surface area contributed by atoms with E-state index in [1.165, 1.54) is 47.3 Å². The molecule has 0 amide bonds. The second-order valence-electron chi connectivity index (χ2n) is 8.83. The number of ether oxygens (including phenoxy) is 1. The summed E-state index contributed by atoms with van der Waals surface area (Å²) in [6.45, 7) is 5.43. The molecule has 0 saturated carbocycles. The largest absolute Gasteiger partial charge is 0.379 e. The summed E-state index contributed by atoms with van der Waals surface area (Å²) in [5, 5.41) is 6.06. The number of aromatic nitrogens is 1. The Hall–Kier alpha value is -1.99. The summed E-state index contributed by atoms with van der Waals surface area (Å²) >= 11 is 0. The zero-order valence-corrected chi connectivity index (χ0v) is 17.9. The molecule has 2 aromatic rings. The van der Waals surface area contributed by atoms with Gasteiger partial charge in [-0.1, -0.05) is 18.2 Å². The Balaban J connectivity index is 1.28. The number of rotatable bonds is 5. The molecule has 1 aromatic heterocycles. The summed E-state index contributed by atoms with van der Waals surface area (Å²) in [7, 11) is 2.27. The van der Waals surface area contributed by atoms with Gasteiger partial charge in [-0.15, -0.1) is 0 Å². The van der Waals surface area contributed by atoms with Crippen LogP contribution in [0, 0.1) is 0 Å². The van der Waals surface area contributed by atoms with E-state index >= 15 is 0 Å². The van der Waals surface area contributed by atoms with Crippen molar-refractivity contribution < 1.29 is 4.74 Å². The fourth-order valence-corrected chi connectivity index (χ4v) is 5.18. The number of nitrogens with one attached hydrogen (secondary N) is 2. The molecule has 1 aromatic carbocycles. The number of anilines is 1. The van der Waals surface area contributed by atoms with Gasteiger partial charge in [0.2, 0.25) is 0 Å². The molecule has 0 unspecified atom stereocenters. The summed E-state index contributed by atoms with van der Waals surface area (Å²) in [6, 6.07) is 11.9. The SMILES string of the molecule is CN(C[C@@H]1Cc2c(cccc2NN2CCOCC2)CN1)[C@H]1CCCc2cccnc21. The second-order valence-corrected chi connectivity index (χ2v) is 8.83. The summed E-state index contributed by atoms with van der Waals surface area (Å²) in [5.41, 5.74) is 10.5. The number of benzene rings is 1. The van der Waals surface area contributed by atoms with Crippen molar-refractivity contribution in [2.45, 2.75) is 44.3 Å². The van der Waals surface area contributed by atoms with Gasteiger partial charge in [0, 0.05) is 38.4 Å². The van der Waals surface area contributed by atoms with Gasteiger partial charge >= 0.3 is 0 Å². The molecule has 1 saturated heterocycles. The molecule has 1 fully saturated rings. The van der Waals surface area contributed by atoms with Crippen LogP contribution in [0.2, 0.25) is 0 Å². The molecule has 5 rings (SSSR count). The van der Waals surface area contributed by atoms with Gasteiger partial charge in [0.1, 0.15) is 0 Å². The van der Waals surface area contributed by atoms with Crippen molar-refractivity contribution in [3.8, 4) is 0 Å². The lowest BCUT2D eigenvalue weighted by Crippen LogP contribution is -2.46. The van der Waals surface area contributed by atoms with E-state index in [-0.39, 0.29) is 0 Å². The fourth-order valence-electron chi connectivity index (χ4n) is 5.18. The minimum absolute atomic E-state index is 0.430. The zero-order valence-electron chi connectivity index (χ0n) is 17.9. The molecular formula is C24H33N5O. The van der Waals surface area contributed by atoms with Gasteiger partial charge in [0.15, 0.2) is 0 Å². The highest BCUT2D eigenvalue weighted by atomic mass is 16.5. The third-order valence-electron chi connectivity index (χ3n) is 6.80. The third kappa shape index (κ3) is 4.23. The third-order valence-corrected chi connectivity index (χ3v) is 6.80. The predicted octanol–water partition coefficient (Wildman–Crippen LogP) is 2.76. The smallest absolute Gasteiger partial charge is 0.0612 e. The average molecular weight is 408 g/mol. The van der Waals surface area contributed by atoms with Gasteiger partial charge in [0.25, 0.3) is 0 Å². The zero-order chi connectivity index (χ0) is 20.3. The van der Waals surface area contributed by atoms with E-state index in [1.807, 2.05) is 6.20 Å². The number of nitrogens with zero attached hydrogens (tertiary/aromatic N) is 3. The van der Waals surface area contributed by atoms with Crippen molar-refractivity contribution in [3.63, 3.8) is 0 Å². The highest BCUT2D eigenvalue weighted by Gasteiger charge is 2.28. The normalized spacial score (nSPS) is 24.3. The van der Waals surface area contributed by atoms with Crippen LogP contribution in [0.4, 0.5) is 5.69 Å². The Morgan fingerprint density at radius 2 is 2.07 bits per heavy atom. The standard InChI is InChI=1S/C24H33N5O/c1-28(23-9-3-5-18-7-4-10-25-24(18)23)17-20-15-21-19(16-26-20)6-2-8-22(21)27-29-11-13-30-14-12-29/h2,4,6-8,10,20,23,26-27H,3,5,9,11-17H2,1H3/t20-,23-/m0/s1. The van der Waals surface area contributed by atoms with Crippen molar-refractivity contribution in [3.05, 3.63) is 58.9 Å². The first-order chi connectivity index (χ1) is 14.8. The molecule has 30 heavy (non-hydrogen) atoms. The molecule has 6 nitrogen and oxygen atoms in total. The monoisotopic (exact) mass is 407 g/mol. The van der Waals surface area contributed by atoms with Crippen molar-refractivity contribution in [1.82, 2.24) is 20.2 Å². The average Bonchev–Trinajstić information content (AvgIpc) is 2.80. The van der Waals surface area contributed by atoms with E-state index in [2.05, 4.69) is 58.0 Å². The molecule has 2 atom stereocenters. The van der Waals surface area contributed by atoms with E-state index in [1.54, 1.807) is 0 Å². The molecule has 1 aliphatic carbocycles. The van der Waals surface area contributed by atoms with Crippen LogP contribution in [0.5, 0.6) is 0 Å². The van der Waals surface area contributed by atoms with Crippen LogP contribution in [-0.4, -0.2) is 60.8 Å². The van der Waals surface area contributed by atoms with Gasteiger partial charge in [-0.05, 0) is 61.6 Å². The Bertz CT molecular complexity index is 866. The number of hydrazine groups is 1. The first-order valence-electron chi connectivity index (χ1n) is 11.4. The number of likely N-dealkylation sites (N-methyl/N-ethyl adjacent to an activating group) is 1. The molecular weight excluding hydrogens is 374 g/mol. The Morgan fingerprint density at radius 3 is 2.97 bits per heavy atom. The van der Waals surface area contributed by atoms with Crippen LogP contribution in [-0.2, 0) is 24.1 Å². The Kier molecular flexibility index (Phi) is 6.00. The maximum absolute atomic E-state index is 5.49. The molecule has 6 heteroatoms. The number of morpholine rings is 1. The van der Waals surface area contributed by atoms with E-state index in [4.69, 9.17) is 9.72 Å². The molecule has 3 heterocycles. The van der Waals surface area contributed by atoms with Gasteiger partial charge in [0.05, 0.1) is 30.6 Å². The van der Waals surface area contributed by atoms with Gasteiger partial charge in [-0.3, -0.25) is 9.88 Å². The van der Waals surface area contributed by atoms with E-state index in [0.29, 0.717) is 12.1 Å². The number of pyridine rings is 1. The Morgan fingerprint density at radius 1 is 1.20 bits per heavy atom. The predicted molar refractivity (Wildman–Crippen MR) is 119 cm³/mol. The topological polar surface area (TPSA) is 52.7 Å². The second kappa shape index (κ2) is 9.02. The van der Waals surface area contributed by atoms with Crippen LogP contribution in [0.1, 0.15) is 41.3 Å². The van der Waals surface area contributed by atoms with Crippen LogP contribution in [0.25, 0.3) is 0 Å².